The van der Waals surface area contributed by atoms with Crippen LogP contribution in [0.5, 0.6) is 6.01 Å². The maximum absolute atomic E-state index is 5.47. The van der Waals surface area contributed by atoms with Crippen LogP contribution in [-0.2, 0) is 6.42 Å². The van der Waals surface area contributed by atoms with Crippen molar-refractivity contribution in [1.82, 2.24) is 25.1 Å². The van der Waals surface area contributed by atoms with Gasteiger partial charge in [-0.3, -0.25) is 0 Å². The molecule has 2 aromatic heterocycles. The van der Waals surface area contributed by atoms with Gasteiger partial charge in [0.2, 0.25) is 18.3 Å². The number of anilines is 2. The van der Waals surface area contributed by atoms with E-state index in [-0.39, 0.29) is 12.1 Å². The average Bonchev–Trinajstić information content (AvgIpc) is 2.91. The van der Waals surface area contributed by atoms with Crippen LogP contribution in [0.15, 0.2) is 10.9 Å². The first-order chi connectivity index (χ1) is 9.67. The fraction of sp³-hybridized carbons (Fsp3) is 0.545. The summed E-state index contributed by atoms with van der Waals surface area (Å²) in [6, 6.07) is 0.279. The second kappa shape index (κ2) is 6.64. The first-order valence-corrected chi connectivity index (χ1v) is 6.27. The summed E-state index contributed by atoms with van der Waals surface area (Å²) in [6.45, 7) is 4.40. The molecule has 0 fully saturated rings. The first kappa shape index (κ1) is 14.0. The third-order valence-corrected chi connectivity index (χ3v) is 2.22. The minimum Gasteiger partial charge on any atom is -0.461 e. The maximum Gasteiger partial charge on any atom is 0.323 e. The number of ether oxygens (including phenoxy) is 1. The Morgan fingerprint density at radius 2 is 2.05 bits per heavy atom. The van der Waals surface area contributed by atoms with Crippen molar-refractivity contribution >= 4 is 11.9 Å². The minimum atomic E-state index is -0.00529. The third kappa shape index (κ3) is 4.04. The lowest BCUT2D eigenvalue weighted by atomic mass is 10.4. The predicted octanol–water partition coefficient (Wildman–Crippen LogP) is 0.738. The molecule has 0 saturated carbocycles. The van der Waals surface area contributed by atoms with Crippen molar-refractivity contribution in [3.63, 3.8) is 0 Å². The molecule has 0 aliphatic heterocycles. The standard InChI is InChI=1S/C11H17N7O2/c1-7(2)20-11-16-9(12-3)15-10(17-11)13-5-4-8-14-6-19-18-8/h6-7H,4-5H2,1-3H3,(H2,12,13,15,16,17). The van der Waals surface area contributed by atoms with E-state index < -0.39 is 0 Å². The molecule has 0 spiro atoms. The molecule has 108 valence electrons. The molecule has 0 unspecified atom stereocenters. The topological polar surface area (TPSA) is 111 Å². The van der Waals surface area contributed by atoms with E-state index in [1.807, 2.05) is 13.8 Å². The Labute approximate surface area is 116 Å². The van der Waals surface area contributed by atoms with Crippen molar-refractivity contribution < 1.29 is 9.26 Å². The van der Waals surface area contributed by atoms with Crippen molar-refractivity contribution in [1.29, 1.82) is 0 Å². The summed E-state index contributed by atoms with van der Waals surface area (Å²) in [5, 5.41) is 9.65. The molecule has 0 radical (unpaired) electrons. The van der Waals surface area contributed by atoms with Gasteiger partial charge in [0, 0.05) is 20.0 Å². The molecule has 2 aromatic rings. The Hall–Kier alpha value is -2.45. The van der Waals surface area contributed by atoms with E-state index in [1.165, 1.54) is 6.39 Å². The van der Waals surface area contributed by atoms with E-state index in [2.05, 4.69) is 40.2 Å². The lowest BCUT2D eigenvalue weighted by Crippen LogP contribution is -2.14. The molecule has 0 saturated heterocycles. The summed E-state index contributed by atoms with van der Waals surface area (Å²) in [6.07, 6.45) is 1.90. The molecular formula is C11H17N7O2. The van der Waals surface area contributed by atoms with Crippen LogP contribution in [0.4, 0.5) is 11.9 Å². The largest absolute Gasteiger partial charge is 0.461 e. The van der Waals surface area contributed by atoms with E-state index >= 15 is 0 Å². The third-order valence-electron chi connectivity index (χ3n) is 2.22. The number of rotatable bonds is 7. The average molecular weight is 279 g/mol. The fourth-order valence-corrected chi connectivity index (χ4v) is 1.40. The SMILES string of the molecule is CNc1nc(NCCc2ncon2)nc(OC(C)C)n1. The molecule has 0 amide bonds. The molecule has 0 atom stereocenters. The first-order valence-electron chi connectivity index (χ1n) is 6.27. The lowest BCUT2D eigenvalue weighted by molar-refractivity contribution is 0.222. The number of nitrogens with zero attached hydrogens (tertiary/aromatic N) is 5. The summed E-state index contributed by atoms with van der Waals surface area (Å²) in [5.41, 5.74) is 0. The Kier molecular flexibility index (Phi) is 4.64. The zero-order chi connectivity index (χ0) is 14.4. The van der Waals surface area contributed by atoms with Gasteiger partial charge in [-0.2, -0.15) is 19.9 Å². The van der Waals surface area contributed by atoms with E-state index in [1.54, 1.807) is 7.05 Å². The molecule has 2 N–H and O–H groups in total. The summed E-state index contributed by atoms with van der Waals surface area (Å²) in [7, 11) is 1.73. The van der Waals surface area contributed by atoms with E-state index in [4.69, 9.17) is 4.74 Å². The Balaban J connectivity index is 1.98. The van der Waals surface area contributed by atoms with Crippen molar-refractivity contribution in [3.8, 4) is 6.01 Å². The summed E-state index contributed by atoms with van der Waals surface area (Å²) >= 11 is 0. The molecule has 2 rings (SSSR count). The van der Waals surface area contributed by atoms with Gasteiger partial charge in [0.15, 0.2) is 5.82 Å². The van der Waals surface area contributed by atoms with Crippen molar-refractivity contribution in [2.45, 2.75) is 26.4 Å². The summed E-state index contributed by atoms with van der Waals surface area (Å²) in [5.74, 6) is 1.50. The van der Waals surface area contributed by atoms with Crippen LogP contribution >= 0.6 is 0 Å². The Morgan fingerprint density at radius 3 is 2.70 bits per heavy atom. The van der Waals surface area contributed by atoms with Gasteiger partial charge in [-0.25, -0.2) is 0 Å². The van der Waals surface area contributed by atoms with Gasteiger partial charge in [0.25, 0.3) is 0 Å². The monoisotopic (exact) mass is 279 g/mol. The van der Waals surface area contributed by atoms with Crippen molar-refractivity contribution in [2.24, 2.45) is 0 Å². The Bertz CT molecular complexity index is 530. The second-order valence-electron chi connectivity index (χ2n) is 4.21. The minimum absolute atomic E-state index is 0.00529. The molecule has 0 aliphatic rings. The van der Waals surface area contributed by atoms with E-state index in [9.17, 15) is 0 Å². The van der Waals surface area contributed by atoms with Gasteiger partial charge < -0.3 is 19.9 Å². The highest BCUT2D eigenvalue weighted by molar-refractivity contribution is 5.35. The van der Waals surface area contributed by atoms with Gasteiger partial charge >= 0.3 is 6.01 Å². The smallest absolute Gasteiger partial charge is 0.323 e. The highest BCUT2D eigenvalue weighted by atomic mass is 16.5. The Morgan fingerprint density at radius 1 is 1.25 bits per heavy atom. The van der Waals surface area contributed by atoms with Gasteiger partial charge in [-0.1, -0.05) is 5.16 Å². The molecule has 2 heterocycles. The van der Waals surface area contributed by atoms with Crippen LogP contribution in [0.25, 0.3) is 0 Å². The van der Waals surface area contributed by atoms with Crippen molar-refractivity contribution in [2.75, 3.05) is 24.2 Å². The highest BCUT2D eigenvalue weighted by Gasteiger charge is 2.08. The molecule has 0 aliphatic carbocycles. The predicted molar refractivity (Wildman–Crippen MR) is 71.6 cm³/mol. The summed E-state index contributed by atoms with van der Waals surface area (Å²) in [4.78, 5) is 16.4. The van der Waals surface area contributed by atoms with Gasteiger partial charge in [0.1, 0.15) is 0 Å². The molecule has 20 heavy (non-hydrogen) atoms. The van der Waals surface area contributed by atoms with Crippen LogP contribution in [0.3, 0.4) is 0 Å². The van der Waals surface area contributed by atoms with Gasteiger partial charge in [0.05, 0.1) is 6.10 Å². The maximum atomic E-state index is 5.47. The number of aromatic nitrogens is 5. The summed E-state index contributed by atoms with van der Waals surface area (Å²) < 4.78 is 10.1. The molecule has 0 aromatic carbocycles. The number of hydrogen-bond acceptors (Lipinski definition) is 9. The van der Waals surface area contributed by atoms with Crippen LogP contribution in [0.1, 0.15) is 19.7 Å². The normalized spacial score (nSPS) is 10.6. The fourth-order valence-electron chi connectivity index (χ4n) is 1.40. The van der Waals surface area contributed by atoms with E-state index in [0.29, 0.717) is 30.7 Å². The van der Waals surface area contributed by atoms with Gasteiger partial charge in [-0.15, -0.1) is 0 Å². The molecule has 0 bridgehead atoms. The van der Waals surface area contributed by atoms with Crippen molar-refractivity contribution in [3.05, 3.63) is 12.2 Å². The van der Waals surface area contributed by atoms with Crippen LogP contribution in [-0.4, -0.2) is 44.8 Å². The zero-order valence-corrected chi connectivity index (χ0v) is 11.6. The number of hydrogen-bond donors (Lipinski definition) is 2. The quantitative estimate of drug-likeness (QED) is 0.757. The molecule has 9 heteroatoms. The lowest BCUT2D eigenvalue weighted by Gasteiger charge is -2.10. The highest BCUT2D eigenvalue weighted by Crippen LogP contribution is 2.12. The van der Waals surface area contributed by atoms with Gasteiger partial charge in [-0.05, 0) is 13.8 Å². The second-order valence-corrected chi connectivity index (χ2v) is 4.21. The van der Waals surface area contributed by atoms with E-state index in [0.717, 1.165) is 0 Å². The van der Waals surface area contributed by atoms with Crippen LogP contribution in [0.2, 0.25) is 0 Å². The molecular weight excluding hydrogens is 262 g/mol. The van der Waals surface area contributed by atoms with Crippen LogP contribution in [0, 0.1) is 0 Å². The van der Waals surface area contributed by atoms with Crippen LogP contribution < -0.4 is 15.4 Å². The number of nitrogens with one attached hydrogen (secondary N) is 2. The molecule has 9 nitrogen and oxygen atoms in total. The zero-order valence-electron chi connectivity index (χ0n) is 11.6.